The summed E-state index contributed by atoms with van der Waals surface area (Å²) in [4.78, 5) is 19.4. The second-order valence-corrected chi connectivity index (χ2v) is 11.1. The van der Waals surface area contributed by atoms with Gasteiger partial charge in [-0.25, -0.2) is 4.98 Å². The molecule has 0 spiro atoms. The molecular formula is C28H32F4N6O2. The summed E-state index contributed by atoms with van der Waals surface area (Å²) in [6.45, 7) is 2.92. The Kier molecular flexibility index (Phi) is 7.39. The minimum atomic E-state index is -4.47. The highest BCUT2D eigenvalue weighted by atomic mass is 19.4. The molecule has 2 aliphatic heterocycles. The Balaban J connectivity index is 1.13. The molecular weight excluding hydrogens is 528 g/mol. The van der Waals surface area contributed by atoms with Crippen LogP contribution in [0.1, 0.15) is 48.3 Å². The summed E-state index contributed by atoms with van der Waals surface area (Å²) in [5, 5.41) is 13.1. The Morgan fingerprint density at radius 1 is 1.15 bits per heavy atom. The second kappa shape index (κ2) is 11.0. The molecule has 8 nitrogen and oxygen atoms in total. The van der Waals surface area contributed by atoms with E-state index in [2.05, 4.69) is 30.7 Å². The molecule has 2 unspecified atom stereocenters. The first-order valence-corrected chi connectivity index (χ1v) is 13.8. The van der Waals surface area contributed by atoms with Crippen LogP contribution >= 0.6 is 0 Å². The van der Waals surface area contributed by atoms with Gasteiger partial charge < -0.3 is 15.4 Å². The average Bonchev–Trinajstić information content (AvgIpc) is 3.64. The number of nitrogens with one attached hydrogen (secondary N) is 3. The highest BCUT2D eigenvalue weighted by molar-refractivity contribution is 5.92. The third kappa shape index (κ3) is 5.64. The minimum Gasteiger partial charge on any atom is -0.381 e. The number of carbonyl (C=O) groups excluding carboxylic acids is 1. The predicted octanol–water partition coefficient (Wildman–Crippen LogP) is 4.24. The third-order valence-corrected chi connectivity index (χ3v) is 8.61. The highest BCUT2D eigenvalue weighted by Crippen LogP contribution is 2.40. The van der Waals surface area contributed by atoms with Crippen LogP contribution in [0.4, 0.5) is 23.4 Å². The van der Waals surface area contributed by atoms with E-state index in [0.29, 0.717) is 11.6 Å². The number of H-pyrrole nitrogens is 1. The number of carbonyl (C=O) groups is 1. The van der Waals surface area contributed by atoms with Crippen molar-refractivity contribution in [3.05, 3.63) is 53.1 Å². The fourth-order valence-corrected chi connectivity index (χ4v) is 6.56. The lowest BCUT2D eigenvalue weighted by Crippen LogP contribution is -2.44. The number of hydrogen-bond acceptors (Lipinski definition) is 6. The number of pyridine rings is 1. The summed E-state index contributed by atoms with van der Waals surface area (Å²) in [6, 6.07) is 5.20. The monoisotopic (exact) mass is 560 g/mol. The van der Waals surface area contributed by atoms with Crippen molar-refractivity contribution in [2.45, 2.75) is 56.3 Å². The number of alkyl halides is 3. The van der Waals surface area contributed by atoms with Gasteiger partial charge in [0.1, 0.15) is 0 Å². The van der Waals surface area contributed by atoms with Gasteiger partial charge in [0, 0.05) is 50.0 Å². The lowest BCUT2D eigenvalue weighted by atomic mass is 9.88. The number of aryl methyl sites for hydroxylation is 1. The quantitative estimate of drug-likeness (QED) is 0.296. The molecule has 3 N–H and O–H groups in total. The first-order chi connectivity index (χ1) is 19.2. The zero-order chi connectivity index (χ0) is 27.9. The molecule has 2 saturated heterocycles. The van der Waals surface area contributed by atoms with Gasteiger partial charge in [-0.2, -0.15) is 22.7 Å². The number of anilines is 1. The fourth-order valence-electron chi connectivity index (χ4n) is 6.56. The van der Waals surface area contributed by atoms with Gasteiger partial charge in [-0.15, -0.1) is 0 Å². The number of rotatable bonds is 7. The van der Waals surface area contributed by atoms with Crippen molar-refractivity contribution in [2.24, 2.45) is 5.92 Å². The summed E-state index contributed by atoms with van der Waals surface area (Å²) in [5.74, 6) is -0.0392. The first kappa shape index (κ1) is 26.9. The molecule has 0 radical (unpaired) electrons. The number of aromatic nitrogens is 3. The van der Waals surface area contributed by atoms with Crippen molar-refractivity contribution in [2.75, 3.05) is 38.2 Å². The normalized spacial score (nSPS) is 23.9. The van der Waals surface area contributed by atoms with Gasteiger partial charge in [0.2, 0.25) is 11.9 Å². The summed E-state index contributed by atoms with van der Waals surface area (Å²) in [6.07, 6.45) is 1.71. The van der Waals surface area contributed by atoms with Crippen molar-refractivity contribution in [3.63, 3.8) is 0 Å². The van der Waals surface area contributed by atoms with Crippen LogP contribution in [0.15, 0.2) is 30.5 Å². The summed E-state index contributed by atoms with van der Waals surface area (Å²) >= 11 is 0. The maximum absolute atomic E-state index is 13.7. The van der Waals surface area contributed by atoms with Crippen molar-refractivity contribution in [1.82, 2.24) is 25.4 Å². The molecule has 1 aromatic carbocycles. The van der Waals surface area contributed by atoms with E-state index in [1.807, 2.05) is 0 Å². The molecule has 3 atom stereocenters. The predicted molar refractivity (Wildman–Crippen MR) is 140 cm³/mol. The van der Waals surface area contributed by atoms with E-state index in [1.165, 1.54) is 12.1 Å². The third-order valence-electron chi connectivity index (χ3n) is 8.61. The molecule has 1 aliphatic carbocycles. The Labute approximate surface area is 228 Å². The van der Waals surface area contributed by atoms with Crippen LogP contribution in [-0.4, -0.2) is 70.9 Å². The van der Waals surface area contributed by atoms with Crippen LogP contribution in [0, 0.1) is 11.9 Å². The smallest absolute Gasteiger partial charge is 0.381 e. The average molecular weight is 561 g/mol. The van der Waals surface area contributed by atoms with Gasteiger partial charge >= 0.3 is 6.18 Å². The van der Waals surface area contributed by atoms with Gasteiger partial charge in [-0.1, -0.05) is 0 Å². The zero-order valence-corrected chi connectivity index (χ0v) is 21.9. The molecule has 214 valence electrons. The summed E-state index contributed by atoms with van der Waals surface area (Å²) < 4.78 is 58.8. The van der Waals surface area contributed by atoms with Crippen molar-refractivity contribution in [3.8, 4) is 0 Å². The van der Waals surface area contributed by atoms with Crippen LogP contribution in [0.3, 0.4) is 0 Å². The zero-order valence-electron chi connectivity index (χ0n) is 21.9. The molecule has 3 aromatic rings. The number of nitrogens with zero attached hydrogens (tertiary/aromatic N) is 3. The molecule has 6 rings (SSSR count). The maximum Gasteiger partial charge on any atom is 0.416 e. The molecule has 40 heavy (non-hydrogen) atoms. The van der Waals surface area contributed by atoms with Crippen LogP contribution < -0.4 is 10.6 Å². The molecule has 12 heteroatoms. The maximum atomic E-state index is 13.7. The van der Waals surface area contributed by atoms with Crippen molar-refractivity contribution in [1.29, 1.82) is 0 Å². The van der Waals surface area contributed by atoms with E-state index in [0.717, 1.165) is 81.7 Å². The SMILES string of the molecule is O=C(CNc1n[nH]c2ccc(C(F)(F)F)cc12)NC1CN(C2CCOCC2)C[C@@H]1CC1CCc2cc(F)ncc21. The Bertz CT molecular complexity index is 1370. The Morgan fingerprint density at radius 3 is 2.77 bits per heavy atom. The number of benzene rings is 1. The van der Waals surface area contributed by atoms with Crippen molar-refractivity contribution < 1.29 is 27.1 Å². The second-order valence-electron chi connectivity index (χ2n) is 11.1. The standard InChI is InChI=1S/C28H32F4N6O2/c29-25-10-17-2-1-16(22(17)12-33-25)9-18-14-38(20-5-7-40-8-6-20)15-24(18)35-26(39)13-34-27-21-11-19(28(30,31)32)3-4-23(21)36-37-27/h3-4,10-12,16,18,20,24H,1-2,5-9,13-15H2,(H,35,39)(H2,34,36,37)/t16?,18-,24?/m0/s1. The van der Waals surface area contributed by atoms with E-state index >= 15 is 0 Å². The number of halogens is 4. The summed E-state index contributed by atoms with van der Waals surface area (Å²) in [7, 11) is 0. The summed E-state index contributed by atoms with van der Waals surface area (Å²) in [5.41, 5.74) is 1.79. The molecule has 2 fully saturated rings. The lowest BCUT2D eigenvalue weighted by molar-refractivity contribution is -0.137. The van der Waals surface area contributed by atoms with Crippen LogP contribution in [-0.2, 0) is 22.1 Å². The van der Waals surface area contributed by atoms with Gasteiger partial charge in [0.15, 0.2) is 5.82 Å². The van der Waals surface area contributed by atoms with Crippen molar-refractivity contribution >= 4 is 22.6 Å². The number of hydrogen-bond donors (Lipinski definition) is 3. The van der Waals surface area contributed by atoms with Crippen LogP contribution in [0.5, 0.6) is 0 Å². The van der Waals surface area contributed by atoms with E-state index < -0.39 is 17.7 Å². The number of ether oxygens (including phenoxy) is 1. The van der Waals surface area contributed by atoms with Crippen LogP contribution in [0.25, 0.3) is 10.9 Å². The Morgan fingerprint density at radius 2 is 1.98 bits per heavy atom. The molecule has 0 saturated carbocycles. The van der Waals surface area contributed by atoms with Gasteiger partial charge in [0.25, 0.3) is 0 Å². The molecule has 1 amide bonds. The largest absolute Gasteiger partial charge is 0.416 e. The molecule has 3 aliphatic rings. The minimum absolute atomic E-state index is 0.0811. The van der Waals surface area contributed by atoms with E-state index in [4.69, 9.17) is 4.74 Å². The first-order valence-electron chi connectivity index (χ1n) is 13.8. The lowest BCUT2D eigenvalue weighted by Gasteiger charge is -2.31. The van der Waals surface area contributed by atoms with Gasteiger partial charge in [-0.3, -0.25) is 14.8 Å². The number of likely N-dealkylation sites (tertiary alicyclic amines) is 1. The number of fused-ring (bicyclic) bond motifs is 2. The Hall–Kier alpha value is -3.25. The number of amides is 1. The fraction of sp³-hybridized carbons (Fsp3) is 0.536. The van der Waals surface area contributed by atoms with Gasteiger partial charge in [-0.05, 0) is 79.3 Å². The van der Waals surface area contributed by atoms with E-state index in [9.17, 15) is 22.4 Å². The number of aromatic amines is 1. The topological polar surface area (TPSA) is 95.2 Å². The highest BCUT2D eigenvalue weighted by Gasteiger charge is 2.39. The molecule has 0 bridgehead atoms. The van der Waals surface area contributed by atoms with Gasteiger partial charge in [0.05, 0.1) is 17.6 Å². The van der Waals surface area contributed by atoms with E-state index in [-0.39, 0.29) is 41.5 Å². The molecule has 2 aromatic heterocycles. The van der Waals surface area contributed by atoms with Crippen LogP contribution in [0.2, 0.25) is 0 Å². The molecule has 4 heterocycles. The van der Waals surface area contributed by atoms with E-state index in [1.54, 1.807) is 6.20 Å².